The summed E-state index contributed by atoms with van der Waals surface area (Å²) >= 11 is 2.15. The maximum absolute atomic E-state index is 11.7. The number of carbonyl (C=O) groups excluding carboxylic acids is 1. The lowest BCUT2D eigenvalue weighted by Crippen LogP contribution is -2.50. The zero-order valence-corrected chi connectivity index (χ0v) is 14.0. The van der Waals surface area contributed by atoms with Gasteiger partial charge in [-0.25, -0.2) is 0 Å². The number of aromatic nitrogens is 2. The molecule has 0 unspecified atom stereocenters. The molecule has 1 aromatic heterocycles. The fourth-order valence-corrected chi connectivity index (χ4v) is 2.47. The van der Waals surface area contributed by atoms with Crippen molar-refractivity contribution in [3.8, 4) is 0 Å². The Morgan fingerprint density at radius 3 is 2.55 bits per heavy atom. The minimum atomic E-state index is 0.0995. The second-order valence-corrected chi connectivity index (χ2v) is 6.30. The maximum Gasteiger partial charge on any atom is 0.234 e. The average molecular weight is 389 g/mol. The van der Waals surface area contributed by atoms with Crippen molar-refractivity contribution in [2.75, 3.05) is 37.6 Å². The van der Waals surface area contributed by atoms with Gasteiger partial charge >= 0.3 is 0 Å². The van der Waals surface area contributed by atoms with Gasteiger partial charge in [0, 0.05) is 32.2 Å². The van der Waals surface area contributed by atoms with Gasteiger partial charge in [0.15, 0.2) is 5.82 Å². The molecule has 0 saturated carbocycles. The highest BCUT2D eigenvalue weighted by Crippen LogP contribution is 2.13. The third-order valence-electron chi connectivity index (χ3n) is 3.13. The van der Waals surface area contributed by atoms with E-state index in [1.807, 2.05) is 26.0 Å². The van der Waals surface area contributed by atoms with E-state index in [1.54, 1.807) is 0 Å². The van der Waals surface area contributed by atoms with E-state index < -0.39 is 0 Å². The van der Waals surface area contributed by atoms with Gasteiger partial charge < -0.3 is 10.2 Å². The molecule has 0 spiro atoms. The number of piperazine rings is 1. The van der Waals surface area contributed by atoms with Gasteiger partial charge in [-0.15, -0.1) is 10.2 Å². The van der Waals surface area contributed by atoms with Crippen LogP contribution in [-0.4, -0.2) is 59.8 Å². The Bertz CT molecular complexity index is 443. The molecule has 0 bridgehead atoms. The molecule has 1 saturated heterocycles. The summed E-state index contributed by atoms with van der Waals surface area (Å²) < 4.78 is 0.898. The normalized spacial score (nSPS) is 16.5. The summed E-state index contributed by atoms with van der Waals surface area (Å²) in [5.41, 5.74) is 0. The van der Waals surface area contributed by atoms with Crippen LogP contribution in [0.5, 0.6) is 0 Å². The summed E-state index contributed by atoms with van der Waals surface area (Å²) in [6.07, 6.45) is 0. The topological polar surface area (TPSA) is 61.4 Å². The molecule has 20 heavy (non-hydrogen) atoms. The number of amides is 1. The van der Waals surface area contributed by atoms with Crippen LogP contribution in [0.4, 0.5) is 5.82 Å². The number of halogens is 1. The Morgan fingerprint density at radius 2 is 2.00 bits per heavy atom. The van der Waals surface area contributed by atoms with Gasteiger partial charge in [0.25, 0.3) is 0 Å². The first kappa shape index (κ1) is 15.4. The molecule has 1 N–H and O–H groups in total. The van der Waals surface area contributed by atoms with Crippen molar-refractivity contribution < 1.29 is 4.79 Å². The summed E-state index contributed by atoms with van der Waals surface area (Å²) in [6, 6.07) is 4.16. The number of anilines is 1. The van der Waals surface area contributed by atoms with E-state index >= 15 is 0 Å². The molecule has 0 aliphatic carbocycles. The van der Waals surface area contributed by atoms with Gasteiger partial charge in [-0.05, 0) is 48.6 Å². The fourth-order valence-electron chi connectivity index (χ4n) is 2.18. The van der Waals surface area contributed by atoms with Crippen molar-refractivity contribution in [3.63, 3.8) is 0 Å². The molecule has 2 rings (SSSR count). The van der Waals surface area contributed by atoms with Crippen LogP contribution >= 0.6 is 22.6 Å². The number of nitrogens with zero attached hydrogens (tertiary/aromatic N) is 4. The molecule has 1 aliphatic heterocycles. The zero-order chi connectivity index (χ0) is 14.5. The van der Waals surface area contributed by atoms with Crippen LogP contribution in [0.1, 0.15) is 13.8 Å². The van der Waals surface area contributed by atoms with Gasteiger partial charge in [-0.1, -0.05) is 0 Å². The first-order valence-electron chi connectivity index (χ1n) is 6.80. The Morgan fingerprint density at radius 1 is 1.30 bits per heavy atom. The molecule has 1 fully saturated rings. The SMILES string of the molecule is CC(C)NC(=O)CN1CCN(c2ccc(I)nn2)CC1. The van der Waals surface area contributed by atoms with Gasteiger partial charge in [0.1, 0.15) is 3.70 Å². The minimum absolute atomic E-state index is 0.0995. The molecule has 1 amide bonds. The monoisotopic (exact) mass is 389 g/mol. The minimum Gasteiger partial charge on any atom is -0.353 e. The number of hydrogen-bond donors (Lipinski definition) is 1. The third-order valence-corrected chi connectivity index (χ3v) is 3.71. The van der Waals surface area contributed by atoms with Crippen LogP contribution in [0.2, 0.25) is 0 Å². The Hall–Kier alpha value is -0.960. The highest BCUT2D eigenvalue weighted by molar-refractivity contribution is 14.1. The van der Waals surface area contributed by atoms with E-state index in [4.69, 9.17) is 0 Å². The van der Waals surface area contributed by atoms with Crippen molar-refractivity contribution >= 4 is 34.3 Å². The van der Waals surface area contributed by atoms with Crippen LogP contribution in [0.15, 0.2) is 12.1 Å². The van der Waals surface area contributed by atoms with Crippen LogP contribution < -0.4 is 10.2 Å². The van der Waals surface area contributed by atoms with E-state index in [1.165, 1.54) is 0 Å². The molecule has 7 heteroatoms. The summed E-state index contributed by atoms with van der Waals surface area (Å²) in [7, 11) is 0. The van der Waals surface area contributed by atoms with Gasteiger partial charge in [-0.3, -0.25) is 9.69 Å². The molecule has 6 nitrogen and oxygen atoms in total. The van der Waals surface area contributed by atoms with E-state index in [2.05, 4.69) is 47.9 Å². The molecule has 2 heterocycles. The average Bonchev–Trinajstić information content (AvgIpc) is 2.39. The van der Waals surface area contributed by atoms with Crippen molar-refractivity contribution in [3.05, 3.63) is 15.8 Å². The van der Waals surface area contributed by atoms with Gasteiger partial charge in [0.2, 0.25) is 5.91 Å². The second kappa shape index (κ2) is 7.16. The molecular weight excluding hydrogens is 369 g/mol. The Kier molecular flexibility index (Phi) is 5.53. The molecule has 1 aromatic rings. The van der Waals surface area contributed by atoms with E-state index in [-0.39, 0.29) is 11.9 Å². The van der Waals surface area contributed by atoms with E-state index in [9.17, 15) is 4.79 Å². The van der Waals surface area contributed by atoms with Crippen LogP contribution in [0.3, 0.4) is 0 Å². The largest absolute Gasteiger partial charge is 0.353 e. The molecule has 0 aromatic carbocycles. The van der Waals surface area contributed by atoms with Crippen molar-refractivity contribution in [2.45, 2.75) is 19.9 Å². The molecule has 0 atom stereocenters. The van der Waals surface area contributed by atoms with Crippen molar-refractivity contribution in [2.24, 2.45) is 0 Å². The van der Waals surface area contributed by atoms with Crippen molar-refractivity contribution in [1.82, 2.24) is 20.4 Å². The van der Waals surface area contributed by atoms with Crippen LogP contribution in [-0.2, 0) is 4.79 Å². The Balaban J connectivity index is 1.80. The zero-order valence-electron chi connectivity index (χ0n) is 11.8. The summed E-state index contributed by atoms with van der Waals surface area (Å²) in [5, 5.41) is 11.2. The summed E-state index contributed by atoms with van der Waals surface area (Å²) in [6.45, 7) is 7.94. The quantitative estimate of drug-likeness (QED) is 0.770. The second-order valence-electron chi connectivity index (χ2n) is 5.20. The van der Waals surface area contributed by atoms with E-state index in [0.717, 1.165) is 35.7 Å². The first-order chi connectivity index (χ1) is 9.54. The number of nitrogens with one attached hydrogen (secondary N) is 1. The molecule has 1 aliphatic rings. The van der Waals surface area contributed by atoms with Crippen LogP contribution in [0, 0.1) is 3.70 Å². The third kappa shape index (κ3) is 4.55. The number of carbonyl (C=O) groups is 1. The molecular formula is C13H20IN5O. The lowest BCUT2D eigenvalue weighted by atomic mass is 10.3. The first-order valence-corrected chi connectivity index (χ1v) is 7.88. The number of rotatable bonds is 4. The summed E-state index contributed by atoms with van der Waals surface area (Å²) in [5.74, 6) is 1.01. The lowest BCUT2D eigenvalue weighted by Gasteiger charge is -2.34. The lowest BCUT2D eigenvalue weighted by molar-refractivity contribution is -0.122. The maximum atomic E-state index is 11.7. The molecule has 0 radical (unpaired) electrons. The van der Waals surface area contributed by atoms with Gasteiger partial charge in [-0.2, -0.15) is 0 Å². The predicted molar refractivity (Wildman–Crippen MR) is 86.7 cm³/mol. The van der Waals surface area contributed by atoms with E-state index in [0.29, 0.717) is 6.54 Å². The fraction of sp³-hybridized carbons (Fsp3) is 0.615. The highest BCUT2D eigenvalue weighted by Gasteiger charge is 2.20. The number of hydrogen-bond acceptors (Lipinski definition) is 5. The Labute approximate surface area is 133 Å². The standard InChI is InChI=1S/C13H20IN5O/c1-10(2)15-13(20)9-18-5-7-19(8-6-18)12-4-3-11(14)16-17-12/h3-4,10H,5-9H2,1-2H3,(H,15,20). The van der Waals surface area contributed by atoms with Gasteiger partial charge in [0.05, 0.1) is 6.54 Å². The molecule has 110 valence electrons. The smallest absolute Gasteiger partial charge is 0.234 e. The van der Waals surface area contributed by atoms with Crippen molar-refractivity contribution in [1.29, 1.82) is 0 Å². The summed E-state index contributed by atoms with van der Waals surface area (Å²) in [4.78, 5) is 16.1. The highest BCUT2D eigenvalue weighted by atomic mass is 127. The predicted octanol–water partition coefficient (Wildman–Crippen LogP) is 0.728. The van der Waals surface area contributed by atoms with Crippen LogP contribution in [0.25, 0.3) is 0 Å².